The third-order valence-corrected chi connectivity index (χ3v) is 4.70. The molecule has 6 heteroatoms. The Morgan fingerprint density at radius 2 is 2.00 bits per heavy atom. The minimum atomic E-state index is -0.682. The number of carbonyl (C=O) groups is 1. The maximum atomic E-state index is 13.6. The molecule has 3 nitrogen and oxygen atoms in total. The second-order valence-corrected chi connectivity index (χ2v) is 6.49. The molecular weight excluding hydrogens is 306 g/mol. The lowest BCUT2D eigenvalue weighted by Gasteiger charge is -2.17. The standard InChI is InChI=1S/C16H16F2N2OS/c17-11-7-6-10(13(18)9-11)8-14-15(21)20-16(22-14)19-12-4-2-1-3-5-12/h6-9,12H,1-5H2,(H,19,20,21)/b14-8-. The van der Waals surface area contributed by atoms with E-state index in [0.29, 0.717) is 10.1 Å². The van der Waals surface area contributed by atoms with Crippen molar-refractivity contribution in [1.82, 2.24) is 5.32 Å². The molecule has 1 saturated heterocycles. The highest BCUT2D eigenvalue weighted by Gasteiger charge is 2.25. The molecule has 116 valence electrons. The monoisotopic (exact) mass is 322 g/mol. The number of hydrogen-bond acceptors (Lipinski definition) is 3. The van der Waals surface area contributed by atoms with Gasteiger partial charge in [-0.2, -0.15) is 0 Å². The molecule has 1 aliphatic heterocycles. The molecule has 1 N–H and O–H groups in total. The summed E-state index contributed by atoms with van der Waals surface area (Å²) in [5.41, 5.74) is 0.193. The molecule has 1 aromatic carbocycles. The summed E-state index contributed by atoms with van der Waals surface area (Å²) in [5.74, 6) is -1.61. The average Bonchev–Trinajstić information content (AvgIpc) is 2.83. The third kappa shape index (κ3) is 3.55. The van der Waals surface area contributed by atoms with E-state index in [1.54, 1.807) is 0 Å². The van der Waals surface area contributed by atoms with Gasteiger partial charge in [0, 0.05) is 11.6 Å². The molecule has 1 amide bonds. The van der Waals surface area contributed by atoms with Crippen molar-refractivity contribution in [1.29, 1.82) is 0 Å². The Kier molecular flexibility index (Phi) is 4.57. The molecule has 3 rings (SSSR count). The summed E-state index contributed by atoms with van der Waals surface area (Å²) in [6.45, 7) is 0. The quantitative estimate of drug-likeness (QED) is 0.840. The predicted octanol–water partition coefficient (Wildman–Crippen LogP) is 3.86. The topological polar surface area (TPSA) is 41.5 Å². The number of amidine groups is 1. The summed E-state index contributed by atoms with van der Waals surface area (Å²) in [7, 11) is 0. The van der Waals surface area contributed by atoms with Crippen molar-refractivity contribution in [2.75, 3.05) is 0 Å². The smallest absolute Gasteiger partial charge is 0.264 e. The lowest BCUT2D eigenvalue weighted by molar-refractivity contribution is -0.115. The van der Waals surface area contributed by atoms with Gasteiger partial charge in [-0.3, -0.25) is 9.79 Å². The number of aliphatic imine (C=N–C) groups is 1. The number of hydrogen-bond donors (Lipinski definition) is 1. The van der Waals surface area contributed by atoms with Gasteiger partial charge in [0.2, 0.25) is 0 Å². The van der Waals surface area contributed by atoms with Crippen molar-refractivity contribution in [3.05, 3.63) is 40.3 Å². The van der Waals surface area contributed by atoms with E-state index in [2.05, 4.69) is 10.3 Å². The first kappa shape index (κ1) is 15.2. The highest BCUT2D eigenvalue weighted by molar-refractivity contribution is 8.18. The average molecular weight is 322 g/mol. The van der Waals surface area contributed by atoms with Crippen molar-refractivity contribution in [3.8, 4) is 0 Å². The largest absolute Gasteiger partial charge is 0.301 e. The Morgan fingerprint density at radius 1 is 1.23 bits per heavy atom. The van der Waals surface area contributed by atoms with E-state index in [9.17, 15) is 13.6 Å². The van der Waals surface area contributed by atoms with E-state index in [1.807, 2.05) is 0 Å². The summed E-state index contributed by atoms with van der Waals surface area (Å²) in [6.07, 6.45) is 7.11. The van der Waals surface area contributed by atoms with Crippen LogP contribution < -0.4 is 5.32 Å². The van der Waals surface area contributed by atoms with Crippen LogP contribution in [0.2, 0.25) is 0 Å². The minimum Gasteiger partial charge on any atom is -0.301 e. The van der Waals surface area contributed by atoms with Gasteiger partial charge >= 0.3 is 0 Å². The Labute approximate surface area is 131 Å². The van der Waals surface area contributed by atoms with Gasteiger partial charge in [-0.1, -0.05) is 19.3 Å². The van der Waals surface area contributed by atoms with Gasteiger partial charge in [-0.15, -0.1) is 0 Å². The Morgan fingerprint density at radius 3 is 2.73 bits per heavy atom. The zero-order chi connectivity index (χ0) is 15.5. The molecule has 1 aromatic rings. The van der Waals surface area contributed by atoms with Crippen molar-refractivity contribution in [2.24, 2.45) is 4.99 Å². The lowest BCUT2D eigenvalue weighted by Crippen LogP contribution is -2.22. The molecule has 22 heavy (non-hydrogen) atoms. The van der Waals surface area contributed by atoms with Crippen LogP contribution in [0.5, 0.6) is 0 Å². The van der Waals surface area contributed by atoms with Gasteiger partial charge in [-0.25, -0.2) is 8.78 Å². The van der Waals surface area contributed by atoms with E-state index >= 15 is 0 Å². The van der Waals surface area contributed by atoms with Crippen LogP contribution in [-0.2, 0) is 4.79 Å². The molecule has 0 atom stereocenters. The number of benzene rings is 1. The van der Waals surface area contributed by atoms with Crippen LogP contribution in [0.4, 0.5) is 8.78 Å². The molecule has 0 radical (unpaired) electrons. The molecule has 2 fully saturated rings. The number of nitrogens with zero attached hydrogens (tertiary/aromatic N) is 1. The van der Waals surface area contributed by atoms with Crippen LogP contribution in [-0.4, -0.2) is 17.1 Å². The summed E-state index contributed by atoms with van der Waals surface area (Å²) in [5, 5.41) is 3.29. The minimum absolute atomic E-state index is 0.193. The summed E-state index contributed by atoms with van der Waals surface area (Å²) < 4.78 is 26.5. The van der Waals surface area contributed by atoms with E-state index in [4.69, 9.17) is 0 Å². The predicted molar refractivity (Wildman–Crippen MR) is 84.4 cm³/mol. The maximum Gasteiger partial charge on any atom is 0.264 e. The second-order valence-electron chi connectivity index (χ2n) is 5.46. The fourth-order valence-electron chi connectivity index (χ4n) is 2.62. The molecule has 0 bridgehead atoms. The van der Waals surface area contributed by atoms with Crippen LogP contribution >= 0.6 is 11.8 Å². The van der Waals surface area contributed by atoms with Crippen LogP contribution in [0.15, 0.2) is 28.1 Å². The van der Waals surface area contributed by atoms with E-state index in [1.165, 1.54) is 49.2 Å². The van der Waals surface area contributed by atoms with E-state index in [0.717, 1.165) is 18.9 Å². The van der Waals surface area contributed by atoms with Gasteiger partial charge in [0.15, 0.2) is 5.17 Å². The molecule has 1 aliphatic carbocycles. The van der Waals surface area contributed by atoms with Crippen LogP contribution in [0.1, 0.15) is 37.7 Å². The van der Waals surface area contributed by atoms with E-state index in [-0.39, 0.29) is 17.5 Å². The van der Waals surface area contributed by atoms with Crippen molar-refractivity contribution < 1.29 is 13.6 Å². The number of halogens is 2. The molecular formula is C16H16F2N2OS. The fourth-order valence-corrected chi connectivity index (χ4v) is 3.51. The SMILES string of the molecule is O=C1NC(=NC2CCCCC2)S/C1=C\c1ccc(F)cc1F. The van der Waals surface area contributed by atoms with E-state index < -0.39 is 11.6 Å². The number of thioether (sulfide) groups is 1. The summed E-state index contributed by atoms with van der Waals surface area (Å²) >= 11 is 1.21. The highest BCUT2D eigenvalue weighted by atomic mass is 32.2. The van der Waals surface area contributed by atoms with Crippen molar-refractivity contribution >= 4 is 28.9 Å². The van der Waals surface area contributed by atoms with Crippen LogP contribution in [0, 0.1) is 11.6 Å². The third-order valence-electron chi connectivity index (χ3n) is 3.77. The number of carbonyl (C=O) groups excluding carboxylic acids is 1. The van der Waals surface area contributed by atoms with Crippen molar-refractivity contribution in [3.63, 3.8) is 0 Å². The highest BCUT2D eigenvalue weighted by Crippen LogP contribution is 2.29. The second kappa shape index (κ2) is 6.60. The number of amides is 1. The molecule has 0 spiro atoms. The number of nitrogens with one attached hydrogen (secondary N) is 1. The first-order chi connectivity index (χ1) is 10.6. The zero-order valence-corrected chi connectivity index (χ0v) is 12.8. The van der Waals surface area contributed by atoms with Crippen molar-refractivity contribution in [2.45, 2.75) is 38.1 Å². The van der Waals surface area contributed by atoms with Crippen LogP contribution in [0.3, 0.4) is 0 Å². The van der Waals surface area contributed by atoms with Gasteiger partial charge in [0.25, 0.3) is 5.91 Å². The molecule has 1 saturated carbocycles. The molecule has 0 unspecified atom stereocenters. The van der Waals surface area contributed by atoms with Gasteiger partial charge in [-0.05, 0) is 42.8 Å². The fraction of sp³-hybridized carbons (Fsp3) is 0.375. The Hall–Kier alpha value is -1.69. The van der Waals surface area contributed by atoms with Gasteiger partial charge in [0.1, 0.15) is 11.6 Å². The van der Waals surface area contributed by atoms with Crippen LogP contribution in [0.25, 0.3) is 6.08 Å². The first-order valence-corrected chi connectivity index (χ1v) is 8.17. The lowest BCUT2D eigenvalue weighted by atomic mass is 9.96. The summed E-state index contributed by atoms with van der Waals surface area (Å²) in [6, 6.07) is 3.56. The Bertz CT molecular complexity index is 652. The summed E-state index contributed by atoms with van der Waals surface area (Å²) in [4.78, 5) is 16.9. The zero-order valence-electron chi connectivity index (χ0n) is 11.9. The number of rotatable bonds is 2. The van der Waals surface area contributed by atoms with Gasteiger partial charge in [0.05, 0.1) is 10.9 Å². The normalized spacial score (nSPS) is 23.3. The maximum absolute atomic E-state index is 13.6. The first-order valence-electron chi connectivity index (χ1n) is 7.35. The molecule has 0 aromatic heterocycles. The molecule has 1 heterocycles. The van der Waals surface area contributed by atoms with Gasteiger partial charge < -0.3 is 5.32 Å². The molecule has 2 aliphatic rings. The Balaban J connectivity index is 1.76.